The minimum atomic E-state index is 0.399. The van der Waals surface area contributed by atoms with Gasteiger partial charge in [-0.1, -0.05) is 45.7 Å². The van der Waals surface area contributed by atoms with Crippen LogP contribution in [0.3, 0.4) is 0 Å². The lowest BCUT2D eigenvalue weighted by atomic mass is 10.2. The molecule has 0 unspecified atom stereocenters. The minimum Gasteiger partial charge on any atom is -0.487 e. The molecule has 0 radical (unpaired) electrons. The predicted octanol–water partition coefficient (Wildman–Crippen LogP) is 4.25. The molecule has 0 saturated heterocycles. The number of nitrogens with one attached hydrogen (secondary N) is 1. The third-order valence-electron chi connectivity index (χ3n) is 2.50. The van der Waals surface area contributed by atoms with Crippen molar-refractivity contribution in [3.05, 3.63) is 57.5 Å². The van der Waals surface area contributed by atoms with E-state index in [9.17, 15) is 4.79 Å². The quantitative estimate of drug-likeness (QED) is 0.826. The number of benzene rings is 2. The van der Waals surface area contributed by atoms with Gasteiger partial charge in [-0.2, -0.15) is 0 Å². The van der Waals surface area contributed by atoms with Crippen LogP contribution in [0.1, 0.15) is 5.56 Å². The lowest BCUT2D eigenvalue weighted by Crippen LogP contribution is -2.01. The van der Waals surface area contributed by atoms with Gasteiger partial charge in [-0.25, -0.2) is 0 Å². The van der Waals surface area contributed by atoms with Crippen molar-refractivity contribution in [2.24, 2.45) is 0 Å². The fourth-order valence-electron chi connectivity index (χ4n) is 1.58. The second kappa shape index (κ2) is 6.59. The van der Waals surface area contributed by atoms with Crippen LogP contribution in [0.5, 0.6) is 5.75 Å². The Balaban J connectivity index is 2.15. The van der Waals surface area contributed by atoms with E-state index in [1.165, 1.54) is 0 Å². The number of rotatable bonds is 5. The van der Waals surface area contributed by atoms with E-state index >= 15 is 0 Å². The Bertz CT molecular complexity index is 589. The lowest BCUT2D eigenvalue weighted by molar-refractivity contribution is -0.105. The standard InChI is InChI=1S/C14H11BrClNO2/c15-12-4-2-1-3-10(12)8-19-14-6-5-11(16)7-13(14)17-9-18/h1-7,9H,8H2,(H,17,18). The zero-order valence-corrected chi connectivity index (χ0v) is 12.2. The van der Waals surface area contributed by atoms with Crippen molar-refractivity contribution in [3.63, 3.8) is 0 Å². The Hall–Kier alpha value is -1.52. The summed E-state index contributed by atoms with van der Waals surface area (Å²) < 4.78 is 6.68. The Morgan fingerprint density at radius 1 is 1.26 bits per heavy atom. The summed E-state index contributed by atoms with van der Waals surface area (Å²) in [6, 6.07) is 12.9. The van der Waals surface area contributed by atoms with Gasteiger partial charge in [-0.05, 0) is 24.3 Å². The average Bonchev–Trinajstić information content (AvgIpc) is 2.40. The number of halogens is 2. The van der Waals surface area contributed by atoms with Gasteiger partial charge in [0, 0.05) is 15.1 Å². The molecule has 0 saturated carbocycles. The highest BCUT2D eigenvalue weighted by Gasteiger charge is 2.06. The van der Waals surface area contributed by atoms with Crippen LogP contribution >= 0.6 is 27.5 Å². The van der Waals surface area contributed by atoms with E-state index in [0.717, 1.165) is 10.0 Å². The Morgan fingerprint density at radius 3 is 2.79 bits per heavy atom. The van der Waals surface area contributed by atoms with E-state index in [2.05, 4.69) is 21.2 Å². The molecule has 0 aliphatic heterocycles. The van der Waals surface area contributed by atoms with Gasteiger partial charge in [0.2, 0.25) is 6.41 Å². The van der Waals surface area contributed by atoms with Gasteiger partial charge in [-0.15, -0.1) is 0 Å². The maximum atomic E-state index is 10.5. The molecule has 98 valence electrons. The molecular weight excluding hydrogens is 330 g/mol. The molecule has 2 aromatic carbocycles. The van der Waals surface area contributed by atoms with Gasteiger partial charge in [0.25, 0.3) is 0 Å². The molecule has 0 fully saturated rings. The molecule has 1 N–H and O–H groups in total. The predicted molar refractivity (Wildman–Crippen MR) is 79.6 cm³/mol. The highest BCUT2D eigenvalue weighted by molar-refractivity contribution is 9.10. The molecule has 2 rings (SSSR count). The van der Waals surface area contributed by atoms with Gasteiger partial charge in [0.05, 0.1) is 5.69 Å². The second-order valence-corrected chi connectivity index (χ2v) is 5.07. The van der Waals surface area contributed by atoms with Crippen LogP contribution in [0, 0.1) is 0 Å². The number of hydrogen-bond acceptors (Lipinski definition) is 2. The van der Waals surface area contributed by atoms with Crippen LogP contribution in [0.4, 0.5) is 5.69 Å². The number of carbonyl (C=O) groups excluding carboxylic acids is 1. The summed E-state index contributed by atoms with van der Waals surface area (Å²) in [5.41, 5.74) is 1.57. The molecule has 0 aromatic heterocycles. The van der Waals surface area contributed by atoms with Crippen molar-refractivity contribution in [2.75, 3.05) is 5.32 Å². The van der Waals surface area contributed by atoms with Crippen molar-refractivity contribution in [1.82, 2.24) is 0 Å². The Kier molecular flexibility index (Phi) is 4.82. The molecule has 0 aliphatic carbocycles. The second-order valence-electron chi connectivity index (χ2n) is 3.78. The highest BCUT2D eigenvalue weighted by atomic mass is 79.9. The molecule has 0 spiro atoms. The van der Waals surface area contributed by atoms with E-state index in [1.807, 2.05) is 24.3 Å². The largest absolute Gasteiger partial charge is 0.487 e. The van der Waals surface area contributed by atoms with Crippen molar-refractivity contribution >= 4 is 39.6 Å². The van der Waals surface area contributed by atoms with Crippen LogP contribution in [-0.2, 0) is 11.4 Å². The lowest BCUT2D eigenvalue weighted by Gasteiger charge is -2.11. The Labute approximate surface area is 124 Å². The Morgan fingerprint density at radius 2 is 2.05 bits per heavy atom. The summed E-state index contributed by atoms with van der Waals surface area (Å²) in [7, 11) is 0. The first-order valence-electron chi connectivity index (χ1n) is 5.56. The first-order valence-corrected chi connectivity index (χ1v) is 6.74. The zero-order valence-electron chi connectivity index (χ0n) is 9.90. The van der Waals surface area contributed by atoms with E-state index in [4.69, 9.17) is 16.3 Å². The molecule has 2 aromatic rings. The normalized spacial score (nSPS) is 10.0. The number of ether oxygens (including phenoxy) is 1. The molecule has 0 heterocycles. The van der Waals surface area contributed by atoms with Gasteiger partial charge in [-0.3, -0.25) is 4.79 Å². The first kappa shape index (κ1) is 13.9. The van der Waals surface area contributed by atoms with Crippen molar-refractivity contribution in [3.8, 4) is 5.75 Å². The third-order valence-corrected chi connectivity index (χ3v) is 3.51. The van der Waals surface area contributed by atoms with E-state index in [-0.39, 0.29) is 0 Å². The molecule has 0 atom stereocenters. The summed E-state index contributed by atoms with van der Waals surface area (Å²) in [6.45, 7) is 0.399. The molecule has 1 amide bonds. The SMILES string of the molecule is O=CNc1cc(Cl)ccc1OCc1ccccc1Br. The fourth-order valence-corrected chi connectivity index (χ4v) is 2.15. The van der Waals surface area contributed by atoms with Gasteiger partial charge in [0.1, 0.15) is 12.4 Å². The molecular formula is C14H11BrClNO2. The number of amides is 1. The van der Waals surface area contributed by atoms with Gasteiger partial charge < -0.3 is 10.1 Å². The van der Waals surface area contributed by atoms with Crippen LogP contribution in [0.25, 0.3) is 0 Å². The maximum Gasteiger partial charge on any atom is 0.211 e. The van der Waals surface area contributed by atoms with Crippen molar-refractivity contribution in [1.29, 1.82) is 0 Å². The monoisotopic (exact) mass is 339 g/mol. The minimum absolute atomic E-state index is 0.399. The zero-order chi connectivity index (χ0) is 13.7. The number of carbonyl (C=O) groups is 1. The van der Waals surface area contributed by atoms with Gasteiger partial charge >= 0.3 is 0 Å². The van der Waals surface area contributed by atoms with Crippen molar-refractivity contribution < 1.29 is 9.53 Å². The molecule has 0 aliphatic rings. The number of anilines is 1. The molecule has 3 nitrogen and oxygen atoms in total. The number of hydrogen-bond donors (Lipinski definition) is 1. The molecule has 5 heteroatoms. The molecule has 0 bridgehead atoms. The van der Waals surface area contributed by atoms with Gasteiger partial charge in [0.15, 0.2) is 0 Å². The van der Waals surface area contributed by atoms with Crippen molar-refractivity contribution in [2.45, 2.75) is 6.61 Å². The van der Waals surface area contributed by atoms with Crippen LogP contribution < -0.4 is 10.1 Å². The fraction of sp³-hybridized carbons (Fsp3) is 0.0714. The maximum absolute atomic E-state index is 10.5. The molecule has 19 heavy (non-hydrogen) atoms. The average molecular weight is 341 g/mol. The topological polar surface area (TPSA) is 38.3 Å². The summed E-state index contributed by atoms with van der Waals surface area (Å²) in [5.74, 6) is 0.576. The first-order chi connectivity index (χ1) is 9.20. The highest BCUT2D eigenvalue weighted by Crippen LogP contribution is 2.29. The van der Waals surface area contributed by atoms with E-state index in [0.29, 0.717) is 29.5 Å². The van der Waals surface area contributed by atoms with E-state index in [1.54, 1.807) is 18.2 Å². The van der Waals surface area contributed by atoms with Crippen LogP contribution in [0.2, 0.25) is 5.02 Å². The third kappa shape index (κ3) is 3.72. The van der Waals surface area contributed by atoms with E-state index < -0.39 is 0 Å². The summed E-state index contributed by atoms with van der Waals surface area (Å²) >= 11 is 9.33. The summed E-state index contributed by atoms with van der Waals surface area (Å²) in [6.07, 6.45) is 0.594. The summed E-state index contributed by atoms with van der Waals surface area (Å²) in [4.78, 5) is 10.5. The summed E-state index contributed by atoms with van der Waals surface area (Å²) in [5, 5.41) is 3.11. The van der Waals surface area contributed by atoms with Crippen LogP contribution in [0.15, 0.2) is 46.9 Å². The smallest absolute Gasteiger partial charge is 0.211 e. The van der Waals surface area contributed by atoms with Crippen LogP contribution in [-0.4, -0.2) is 6.41 Å².